The zero-order valence-corrected chi connectivity index (χ0v) is 9.88. The Balaban J connectivity index is 3.31. The van der Waals surface area contributed by atoms with Crippen LogP contribution >= 0.6 is 0 Å². The lowest BCUT2D eigenvalue weighted by molar-refractivity contribution is -0.121. The fourth-order valence-corrected chi connectivity index (χ4v) is 1.26. The van der Waals surface area contributed by atoms with E-state index in [0.29, 0.717) is 12.2 Å². The first-order valence-corrected chi connectivity index (χ1v) is 5.86. The maximum absolute atomic E-state index is 11.2. The number of unbranched alkanes of at least 4 members (excludes halogenated alkanes) is 3. The summed E-state index contributed by atoms with van der Waals surface area (Å²) in [4.78, 5) is 11.2. The van der Waals surface area contributed by atoms with Gasteiger partial charge in [0.05, 0.1) is 0 Å². The summed E-state index contributed by atoms with van der Waals surface area (Å²) in [5, 5.41) is 0. The third-order valence-corrected chi connectivity index (χ3v) is 2.34. The molecule has 0 aliphatic rings. The maximum atomic E-state index is 11.2. The van der Waals surface area contributed by atoms with Crippen molar-refractivity contribution in [3.8, 4) is 0 Å². The maximum Gasteiger partial charge on any atom is 0.135 e. The van der Waals surface area contributed by atoms with Gasteiger partial charge in [-0.25, -0.2) is 0 Å². The Bertz CT molecular complexity index is 168. The van der Waals surface area contributed by atoms with E-state index in [2.05, 4.69) is 19.1 Å². The Hall–Kier alpha value is -0.590. The van der Waals surface area contributed by atoms with E-state index in [0.717, 1.165) is 6.42 Å². The molecule has 0 N–H and O–H groups in total. The summed E-state index contributed by atoms with van der Waals surface area (Å²) in [5.41, 5.74) is 0. The molecule has 82 valence electrons. The van der Waals surface area contributed by atoms with E-state index in [-0.39, 0.29) is 5.92 Å². The van der Waals surface area contributed by atoms with Crippen molar-refractivity contribution in [1.29, 1.82) is 0 Å². The molecule has 0 rings (SSSR count). The number of Topliss-reactive ketones (excluding diaryl/α,β-unsaturated/α-hetero) is 1. The van der Waals surface area contributed by atoms with Crippen LogP contribution < -0.4 is 0 Å². The molecule has 0 aromatic carbocycles. The summed E-state index contributed by atoms with van der Waals surface area (Å²) >= 11 is 0. The van der Waals surface area contributed by atoms with Crippen LogP contribution in [0.3, 0.4) is 0 Å². The Morgan fingerprint density at radius 1 is 1.14 bits per heavy atom. The molecule has 0 unspecified atom stereocenters. The van der Waals surface area contributed by atoms with Crippen LogP contribution in [0.1, 0.15) is 59.3 Å². The summed E-state index contributed by atoms with van der Waals surface area (Å²) in [6, 6.07) is 0. The van der Waals surface area contributed by atoms with Crippen molar-refractivity contribution in [1.82, 2.24) is 0 Å². The van der Waals surface area contributed by atoms with Crippen molar-refractivity contribution in [2.24, 2.45) is 5.92 Å². The van der Waals surface area contributed by atoms with Crippen LogP contribution in [0.15, 0.2) is 12.2 Å². The average Bonchev–Trinajstić information content (AvgIpc) is 2.16. The van der Waals surface area contributed by atoms with Crippen molar-refractivity contribution < 1.29 is 4.79 Å². The van der Waals surface area contributed by atoms with Crippen LogP contribution in [0.2, 0.25) is 0 Å². The van der Waals surface area contributed by atoms with Gasteiger partial charge in [-0.15, -0.1) is 0 Å². The Labute approximate surface area is 88.6 Å². The molecule has 1 heteroatoms. The standard InChI is InChI=1S/C13H24O/c1-4-5-6-7-8-9-10-11-13(14)12(2)3/h8-9,12H,4-7,10-11H2,1-3H3/b9-8-. The van der Waals surface area contributed by atoms with Gasteiger partial charge in [-0.1, -0.05) is 45.8 Å². The van der Waals surface area contributed by atoms with Crippen molar-refractivity contribution in [2.75, 3.05) is 0 Å². The number of carbonyl (C=O) groups excluding carboxylic acids is 1. The second-order valence-corrected chi connectivity index (χ2v) is 4.13. The average molecular weight is 196 g/mol. The van der Waals surface area contributed by atoms with Crippen molar-refractivity contribution in [3.63, 3.8) is 0 Å². The third-order valence-electron chi connectivity index (χ3n) is 2.34. The van der Waals surface area contributed by atoms with Gasteiger partial charge in [0.15, 0.2) is 0 Å². The van der Waals surface area contributed by atoms with E-state index >= 15 is 0 Å². The molecule has 0 amide bonds. The second kappa shape index (κ2) is 8.98. The molecule has 0 fully saturated rings. The first kappa shape index (κ1) is 13.4. The van der Waals surface area contributed by atoms with E-state index in [1.807, 2.05) is 13.8 Å². The summed E-state index contributed by atoms with van der Waals surface area (Å²) in [7, 11) is 0. The van der Waals surface area contributed by atoms with Crippen molar-refractivity contribution in [3.05, 3.63) is 12.2 Å². The number of ketones is 1. The van der Waals surface area contributed by atoms with E-state index < -0.39 is 0 Å². The third kappa shape index (κ3) is 8.03. The lowest BCUT2D eigenvalue weighted by Gasteiger charge is -2.00. The van der Waals surface area contributed by atoms with Gasteiger partial charge in [-0.3, -0.25) is 4.79 Å². The number of allylic oxidation sites excluding steroid dienone is 2. The predicted molar refractivity (Wildman–Crippen MR) is 62.4 cm³/mol. The van der Waals surface area contributed by atoms with Gasteiger partial charge in [-0.2, -0.15) is 0 Å². The van der Waals surface area contributed by atoms with Crippen LogP contribution in [0.25, 0.3) is 0 Å². The highest BCUT2D eigenvalue weighted by Gasteiger charge is 2.04. The fourth-order valence-electron chi connectivity index (χ4n) is 1.26. The molecular weight excluding hydrogens is 172 g/mol. The zero-order valence-electron chi connectivity index (χ0n) is 9.88. The Morgan fingerprint density at radius 3 is 2.36 bits per heavy atom. The molecule has 0 radical (unpaired) electrons. The summed E-state index contributed by atoms with van der Waals surface area (Å²) in [5.74, 6) is 0.576. The molecule has 1 nitrogen and oxygen atoms in total. The van der Waals surface area contributed by atoms with Crippen LogP contribution in [0.5, 0.6) is 0 Å². The predicted octanol–water partition coefficient (Wildman–Crippen LogP) is 4.13. The van der Waals surface area contributed by atoms with Gasteiger partial charge in [-0.05, 0) is 19.3 Å². The highest BCUT2D eigenvalue weighted by atomic mass is 16.1. The lowest BCUT2D eigenvalue weighted by atomic mass is 10.0. The zero-order chi connectivity index (χ0) is 10.8. The molecule has 0 heterocycles. The normalized spacial score (nSPS) is 11.4. The van der Waals surface area contributed by atoms with Crippen LogP contribution in [0.4, 0.5) is 0 Å². The Kier molecular flexibility index (Phi) is 8.61. The molecule has 0 saturated carbocycles. The minimum absolute atomic E-state index is 0.198. The summed E-state index contributed by atoms with van der Waals surface area (Å²) in [6.07, 6.45) is 11.0. The van der Waals surface area contributed by atoms with Gasteiger partial charge >= 0.3 is 0 Å². The van der Waals surface area contributed by atoms with Crippen molar-refractivity contribution in [2.45, 2.75) is 59.3 Å². The molecule has 0 bridgehead atoms. The molecule has 0 atom stereocenters. The highest BCUT2D eigenvalue weighted by molar-refractivity contribution is 5.80. The minimum Gasteiger partial charge on any atom is -0.299 e. The molecular formula is C13H24O. The first-order chi connectivity index (χ1) is 6.68. The number of hydrogen-bond donors (Lipinski definition) is 0. The molecule has 0 aromatic heterocycles. The smallest absolute Gasteiger partial charge is 0.135 e. The van der Waals surface area contributed by atoms with Gasteiger partial charge < -0.3 is 0 Å². The fraction of sp³-hybridized carbons (Fsp3) is 0.769. The van der Waals surface area contributed by atoms with Gasteiger partial charge in [0.25, 0.3) is 0 Å². The van der Waals surface area contributed by atoms with E-state index in [1.54, 1.807) is 0 Å². The molecule has 0 spiro atoms. The highest BCUT2D eigenvalue weighted by Crippen LogP contribution is 2.04. The SMILES string of the molecule is CCCCC/C=C\CCC(=O)C(C)C. The van der Waals surface area contributed by atoms with E-state index in [4.69, 9.17) is 0 Å². The van der Waals surface area contributed by atoms with Crippen LogP contribution in [0, 0.1) is 5.92 Å². The molecule has 0 aliphatic heterocycles. The number of hydrogen-bond acceptors (Lipinski definition) is 1. The quantitative estimate of drug-likeness (QED) is 0.421. The number of carbonyl (C=O) groups is 1. The largest absolute Gasteiger partial charge is 0.299 e. The van der Waals surface area contributed by atoms with Crippen molar-refractivity contribution >= 4 is 5.78 Å². The monoisotopic (exact) mass is 196 g/mol. The number of rotatable bonds is 8. The second-order valence-electron chi connectivity index (χ2n) is 4.13. The summed E-state index contributed by atoms with van der Waals surface area (Å²) in [6.45, 7) is 6.14. The van der Waals surface area contributed by atoms with Gasteiger partial charge in [0.2, 0.25) is 0 Å². The topological polar surface area (TPSA) is 17.1 Å². The first-order valence-electron chi connectivity index (χ1n) is 5.86. The van der Waals surface area contributed by atoms with Gasteiger partial charge in [0, 0.05) is 12.3 Å². The van der Waals surface area contributed by atoms with E-state index in [1.165, 1.54) is 25.7 Å². The van der Waals surface area contributed by atoms with E-state index in [9.17, 15) is 4.79 Å². The Morgan fingerprint density at radius 2 is 1.79 bits per heavy atom. The lowest BCUT2D eigenvalue weighted by Crippen LogP contribution is -2.05. The molecule has 0 aromatic rings. The van der Waals surface area contributed by atoms with Gasteiger partial charge in [0.1, 0.15) is 5.78 Å². The molecule has 0 aliphatic carbocycles. The minimum atomic E-state index is 0.198. The molecule has 0 saturated heterocycles. The van der Waals surface area contributed by atoms with Crippen LogP contribution in [-0.2, 0) is 4.79 Å². The summed E-state index contributed by atoms with van der Waals surface area (Å²) < 4.78 is 0. The van der Waals surface area contributed by atoms with Crippen LogP contribution in [-0.4, -0.2) is 5.78 Å². The molecule has 14 heavy (non-hydrogen) atoms.